The van der Waals surface area contributed by atoms with E-state index >= 15 is 0 Å². The van der Waals surface area contributed by atoms with Crippen molar-refractivity contribution in [2.45, 2.75) is 18.6 Å². The molecular formula is C17H18N2O3. The lowest BCUT2D eigenvalue weighted by Gasteiger charge is -2.39. The highest BCUT2D eigenvalue weighted by molar-refractivity contribution is 5.61. The number of anilines is 1. The van der Waals surface area contributed by atoms with Gasteiger partial charge in [0, 0.05) is 44.0 Å². The molecule has 0 radical (unpaired) electrons. The van der Waals surface area contributed by atoms with E-state index in [2.05, 4.69) is 17.0 Å². The van der Waals surface area contributed by atoms with E-state index in [0.29, 0.717) is 0 Å². The van der Waals surface area contributed by atoms with Crippen LogP contribution < -0.4 is 4.90 Å². The molecule has 22 heavy (non-hydrogen) atoms. The fraction of sp³-hybridized carbons (Fsp3) is 0.294. The molecule has 114 valence electrons. The molecule has 0 bridgehead atoms. The van der Waals surface area contributed by atoms with Crippen molar-refractivity contribution in [3.05, 3.63) is 69.8 Å². The van der Waals surface area contributed by atoms with Crippen LogP contribution >= 0.6 is 0 Å². The molecule has 0 aromatic heterocycles. The molecule has 0 amide bonds. The van der Waals surface area contributed by atoms with E-state index in [1.807, 2.05) is 31.3 Å². The quantitative estimate of drug-likeness (QED) is 0.637. The molecule has 0 saturated carbocycles. The normalized spacial score (nSPS) is 20.5. The largest absolute Gasteiger partial charge is 0.377 e. The van der Waals surface area contributed by atoms with Crippen molar-refractivity contribution in [2.75, 3.05) is 19.1 Å². The third kappa shape index (κ3) is 2.44. The summed E-state index contributed by atoms with van der Waals surface area (Å²) >= 11 is 0. The van der Waals surface area contributed by atoms with Gasteiger partial charge in [-0.2, -0.15) is 0 Å². The zero-order chi connectivity index (χ0) is 15.7. The SMILES string of the molecule is COC1CC(c2ccccc2)N(C)c2ccc([N+](=O)[O-])cc21. The van der Waals surface area contributed by atoms with Crippen LogP contribution in [0.4, 0.5) is 11.4 Å². The maximum Gasteiger partial charge on any atom is 0.269 e. The smallest absolute Gasteiger partial charge is 0.269 e. The number of nitro groups is 1. The Labute approximate surface area is 129 Å². The lowest BCUT2D eigenvalue weighted by atomic mass is 9.89. The molecule has 5 heteroatoms. The first-order valence-electron chi connectivity index (χ1n) is 7.20. The summed E-state index contributed by atoms with van der Waals surface area (Å²) in [6.07, 6.45) is 0.627. The van der Waals surface area contributed by atoms with Gasteiger partial charge in [-0.1, -0.05) is 30.3 Å². The molecule has 0 aliphatic carbocycles. The Kier molecular flexibility index (Phi) is 3.81. The van der Waals surface area contributed by atoms with Crippen molar-refractivity contribution in [2.24, 2.45) is 0 Å². The van der Waals surface area contributed by atoms with Crippen LogP contribution in [-0.4, -0.2) is 19.1 Å². The van der Waals surface area contributed by atoms with Crippen molar-refractivity contribution < 1.29 is 9.66 Å². The Morgan fingerprint density at radius 3 is 2.59 bits per heavy atom. The van der Waals surface area contributed by atoms with Crippen LogP contribution in [0.15, 0.2) is 48.5 Å². The maximum absolute atomic E-state index is 11.0. The lowest BCUT2D eigenvalue weighted by molar-refractivity contribution is -0.385. The summed E-state index contributed by atoms with van der Waals surface area (Å²) in [5.41, 5.74) is 3.19. The second kappa shape index (κ2) is 5.77. The average molecular weight is 298 g/mol. The number of nitro benzene ring substituents is 1. The van der Waals surface area contributed by atoms with Crippen LogP contribution in [0, 0.1) is 10.1 Å². The van der Waals surface area contributed by atoms with Gasteiger partial charge < -0.3 is 9.64 Å². The van der Waals surface area contributed by atoms with Crippen molar-refractivity contribution in [1.82, 2.24) is 0 Å². The topological polar surface area (TPSA) is 55.6 Å². The van der Waals surface area contributed by atoms with Crippen molar-refractivity contribution in [3.8, 4) is 0 Å². The molecule has 1 aliphatic heterocycles. The number of fused-ring (bicyclic) bond motifs is 1. The summed E-state index contributed by atoms with van der Waals surface area (Å²) in [6, 6.07) is 15.4. The molecule has 2 aromatic rings. The average Bonchev–Trinajstić information content (AvgIpc) is 2.55. The number of ether oxygens (including phenoxy) is 1. The summed E-state index contributed by atoms with van der Waals surface area (Å²) in [5.74, 6) is 0. The molecular weight excluding hydrogens is 280 g/mol. The van der Waals surface area contributed by atoms with Gasteiger partial charge in [0.05, 0.1) is 17.1 Å². The van der Waals surface area contributed by atoms with Crippen LogP contribution in [0.2, 0.25) is 0 Å². The van der Waals surface area contributed by atoms with Gasteiger partial charge in [0.15, 0.2) is 0 Å². The molecule has 0 fully saturated rings. The molecule has 3 rings (SSSR count). The van der Waals surface area contributed by atoms with E-state index in [-0.39, 0.29) is 22.8 Å². The number of methoxy groups -OCH3 is 1. The highest BCUT2D eigenvalue weighted by atomic mass is 16.6. The third-order valence-corrected chi connectivity index (χ3v) is 4.32. The summed E-state index contributed by atoms with van der Waals surface area (Å²) in [7, 11) is 3.68. The molecule has 0 N–H and O–H groups in total. The molecule has 2 aromatic carbocycles. The van der Waals surface area contributed by atoms with Gasteiger partial charge >= 0.3 is 0 Å². The predicted octanol–water partition coefficient (Wildman–Crippen LogP) is 3.86. The van der Waals surface area contributed by atoms with Gasteiger partial charge in [-0.15, -0.1) is 0 Å². The highest BCUT2D eigenvalue weighted by Gasteiger charge is 2.32. The minimum absolute atomic E-state index is 0.104. The van der Waals surface area contributed by atoms with Gasteiger partial charge in [0.1, 0.15) is 0 Å². The number of hydrogen-bond donors (Lipinski definition) is 0. The van der Waals surface area contributed by atoms with Gasteiger partial charge in [-0.25, -0.2) is 0 Å². The molecule has 2 unspecified atom stereocenters. The minimum Gasteiger partial charge on any atom is -0.377 e. The number of benzene rings is 2. The van der Waals surface area contributed by atoms with Crippen molar-refractivity contribution >= 4 is 11.4 Å². The zero-order valence-corrected chi connectivity index (χ0v) is 12.6. The van der Waals surface area contributed by atoms with E-state index < -0.39 is 0 Å². The molecule has 0 saturated heterocycles. The van der Waals surface area contributed by atoms with Crippen LogP contribution in [-0.2, 0) is 4.74 Å². The Hall–Kier alpha value is -2.40. The summed E-state index contributed by atoms with van der Waals surface area (Å²) < 4.78 is 5.60. The maximum atomic E-state index is 11.0. The lowest BCUT2D eigenvalue weighted by Crippen LogP contribution is -2.32. The fourth-order valence-electron chi connectivity index (χ4n) is 3.15. The number of hydrogen-bond acceptors (Lipinski definition) is 4. The Morgan fingerprint density at radius 1 is 1.23 bits per heavy atom. The summed E-state index contributed by atoms with van der Waals surface area (Å²) in [6.45, 7) is 0. The van der Waals surface area contributed by atoms with Gasteiger partial charge in [0.2, 0.25) is 0 Å². The van der Waals surface area contributed by atoms with Crippen molar-refractivity contribution in [1.29, 1.82) is 0 Å². The van der Waals surface area contributed by atoms with E-state index in [4.69, 9.17) is 4.74 Å². The number of non-ortho nitro benzene ring substituents is 1. The monoisotopic (exact) mass is 298 g/mol. The standard InChI is InChI=1S/C17H18N2O3/c1-18-15-9-8-13(19(20)21)10-14(15)17(22-2)11-16(18)12-6-4-3-5-7-12/h3-10,16-17H,11H2,1-2H3. The van der Waals surface area contributed by atoms with Gasteiger partial charge in [-0.05, 0) is 11.6 Å². The van der Waals surface area contributed by atoms with Crippen LogP contribution in [0.25, 0.3) is 0 Å². The molecule has 2 atom stereocenters. The highest BCUT2D eigenvalue weighted by Crippen LogP contribution is 2.45. The third-order valence-electron chi connectivity index (χ3n) is 4.32. The summed E-state index contributed by atoms with van der Waals surface area (Å²) in [5, 5.41) is 11.0. The fourth-order valence-corrected chi connectivity index (χ4v) is 3.15. The first-order chi connectivity index (χ1) is 10.6. The molecule has 0 spiro atoms. The van der Waals surface area contributed by atoms with E-state index in [0.717, 1.165) is 17.7 Å². The van der Waals surface area contributed by atoms with E-state index in [1.165, 1.54) is 5.56 Å². The van der Waals surface area contributed by atoms with Crippen LogP contribution in [0.5, 0.6) is 0 Å². The van der Waals surface area contributed by atoms with E-state index in [9.17, 15) is 10.1 Å². The first-order valence-corrected chi connectivity index (χ1v) is 7.20. The van der Waals surface area contributed by atoms with Gasteiger partial charge in [-0.3, -0.25) is 10.1 Å². The Bertz CT molecular complexity index is 688. The second-order valence-corrected chi connectivity index (χ2v) is 5.50. The van der Waals surface area contributed by atoms with Crippen LogP contribution in [0.3, 0.4) is 0 Å². The molecule has 5 nitrogen and oxygen atoms in total. The zero-order valence-electron chi connectivity index (χ0n) is 12.6. The van der Waals surface area contributed by atoms with Gasteiger partial charge in [0.25, 0.3) is 5.69 Å². The number of nitrogens with zero attached hydrogens (tertiary/aromatic N) is 2. The van der Waals surface area contributed by atoms with Crippen molar-refractivity contribution in [3.63, 3.8) is 0 Å². The predicted molar refractivity (Wildman–Crippen MR) is 85.0 cm³/mol. The Morgan fingerprint density at radius 2 is 1.95 bits per heavy atom. The Balaban J connectivity index is 2.04. The number of rotatable bonds is 3. The summed E-state index contributed by atoms with van der Waals surface area (Å²) in [4.78, 5) is 12.8. The van der Waals surface area contributed by atoms with Crippen LogP contribution in [0.1, 0.15) is 29.7 Å². The molecule has 1 aliphatic rings. The molecule has 1 heterocycles. The first kappa shape index (κ1) is 14.5. The minimum atomic E-state index is -0.365. The van der Waals surface area contributed by atoms with E-state index in [1.54, 1.807) is 19.2 Å². The second-order valence-electron chi connectivity index (χ2n) is 5.50.